The number of benzene rings is 9. The van der Waals surface area contributed by atoms with Gasteiger partial charge in [-0.1, -0.05) is 172 Å². The molecule has 4 nitrogen and oxygen atoms in total. The maximum Gasteiger partial charge on any atom is 0.238 e. The van der Waals surface area contributed by atoms with E-state index in [4.69, 9.17) is 15.0 Å². The molecule has 0 fully saturated rings. The highest BCUT2D eigenvalue weighted by molar-refractivity contribution is 7.25. The number of thiophene rings is 1. The average molecular weight is 761 g/mol. The molecule has 0 aliphatic rings. The molecule has 3 aromatic heterocycles. The molecule has 0 radical (unpaired) electrons. The zero-order valence-electron chi connectivity index (χ0n) is 32.0. The summed E-state index contributed by atoms with van der Waals surface area (Å²) in [4.78, 5) is 16.0. The highest BCUT2D eigenvalue weighted by Gasteiger charge is 2.22. The molecule has 0 saturated heterocycles. The van der Waals surface area contributed by atoms with E-state index < -0.39 is 0 Å². The predicted molar refractivity (Wildman–Crippen MR) is 247 cm³/mol. The minimum Gasteiger partial charge on any atom is -0.277 e. The summed E-state index contributed by atoms with van der Waals surface area (Å²) in [5.74, 6) is 1.84. The zero-order valence-corrected chi connectivity index (χ0v) is 32.8. The summed E-state index contributed by atoms with van der Waals surface area (Å²) in [7, 11) is 0. The third-order valence-corrected chi connectivity index (χ3v) is 12.3. The van der Waals surface area contributed by atoms with E-state index in [0.29, 0.717) is 17.6 Å². The minimum absolute atomic E-state index is 0.582. The van der Waals surface area contributed by atoms with E-state index in [9.17, 15) is 0 Å². The van der Waals surface area contributed by atoms with Crippen molar-refractivity contribution in [2.45, 2.75) is 13.8 Å². The smallest absolute Gasteiger partial charge is 0.238 e. The highest BCUT2D eigenvalue weighted by atomic mass is 32.1. The van der Waals surface area contributed by atoms with E-state index in [1.807, 2.05) is 25.2 Å². The number of fused-ring (bicyclic) bond motifs is 10. The van der Waals surface area contributed by atoms with Crippen molar-refractivity contribution in [2.75, 3.05) is 0 Å². The van der Waals surface area contributed by atoms with Crippen LogP contribution < -0.4 is 0 Å². The number of hydrogen-bond donors (Lipinski definition) is 0. The van der Waals surface area contributed by atoms with Crippen LogP contribution >= 0.6 is 11.3 Å². The first-order valence-electron chi connectivity index (χ1n) is 19.8. The number of para-hydroxylation sites is 1. The van der Waals surface area contributed by atoms with E-state index >= 15 is 0 Å². The van der Waals surface area contributed by atoms with Crippen molar-refractivity contribution in [1.29, 1.82) is 0 Å². The van der Waals surface area contributed by atoms with Crippen LogP contribution in [0.25, 0.3) is 114 Å². The van der Waals surface area contributed by atoms with Crippen LogP contribution in [0, 0.1) is 0 Å². The summed E-state index contributed by atoms with van der Waals surface area (Å²) in [6.45, 7) is 4.00. The summed E-state index contributed by atoms with van der Waals surface area (Å²) in [6, 6.07) is 65.1. The molecule has 9 aromatic carbocycles. The lowest BCUT2D eigenvalue weighted by Crippen LogP contribution is -2.07. The van der Waals surface area contributed by atoms with Crippen LogP contribution in [0.1, 0.15) is 13.8 Å². The standard InChI is InChI=1S/C51H30N4S.C2H6/c1-3-13-34-28-37(22-20-31(34)10-1)49-52-50(38-23-21-32-11-2-4-14-35(32)29-38)54-51(53-49)55-47-39-15-6-5-12-33(39)24-27-44(47)43-18-9-17-40(48(43)55)36-25-26-42-41-16-7-8-19-45(41)56-46(42)30-36;1-2/h1-30H;1-2H3. The first-order valence-corrected chi connectivity index (χ1v) is 20.7. The number of rotatable bonds is 4. The van der Waals surface area contributed by atoms with Crippen molar-refractivity contribution >= 4 is 85.6 Å². The van der Waals surface area contributed by atoms with Crippen LogP contribution in [0.4, 0.5) is 0 Å². The Bertz CT molecular complexity index is 3460. The second kappa shape index (κ2) is 13.8. The van der Waals surface area contributed by atoms with Gasteiger partial charge in [-0.25, -0.2) is 4.98 Å². The van der Waals surface area contributed by atoms with Crippen molar-refractivity contribution in [2.24, 2.45) is 0 Å². The molecule has 3 heterocycles. The Labute approximate surface area is 339 Å². The number of aromatic nitrogens is 4. The predicted octanol–water partition coefficient (Wildman–Crippen LogP) is 14.8. The fourth-order valence-electron chi connectivity index (χ4n) is 8.53. The first kappa shape index (κ1) is 34.1. The van der Waals surface area contributed by atoms with Gasteiger partial charge < -0.3 is 0 Å². The Balaban J connectivity index is 0.00000190. The van der Waals surface area contributed by atoms with E-state index in [0.717, 1.165) is 65.6 Å². The number of hydrogen-bond acceptors (Lipinski definition) is 4. The summed E-state index contributed by atoms with van der Waals surface area (Å²) in [6.07, 6.45) is 0. The fourth-order valence-corrected chi connectivity index (χ4v) is 9.68. The van der Waals surface area contributed by atoms with Gasteiger partial charge in [0.2, 0.25) is 5.95 Å². The van der Waals surface area contributed by atoms with Gasteiger partial charge in [0.1, 0.15) is 0 Å². The molecule has 5 heteroatoms. The Hall–Kier alpha value is -7.21. The van der Waals surface area contributed by atoms with Crippen LogP contribution in [0.2, 0.25) is 0 Å². The van der Waals surface area contributed by atoms with Crippen molar-refractivity contribution < 1.29 is 0 Å². The molecule has 0 spiro atoms. The average Bonchev–Trinajstić information content (AvgIpc) is 3.85. The van der Waals surface area contributed by atoms with E-state index in [2.05, 4.69) is 187 Å². The van der Waals surface area contributed by atoms with Crippen molar-refractivity contribution in [3.8, 4) is 39.9 Å². The number of nitrogens with zero attached hydrogens (tertiary/aromatic N) is 4. The third-order valence-electron chi connectivity index (χ3n) is 11.2. The quantitative estimate of drug-likeness (QED) is 0.179. The Morgan fingerprint density at radius 1 is 0.362 bits per heavy atom. The van der Waals surface area contributed by atoms with Crippen molar-refractivity contribution in [3.63, 3.8) is 0 Å². The topological polar surface area (TPSA) is 43.6 Å². The molecular formula is C53H36N4S. The summed E-state index contributed by atoms with van der Waals surface area (Å²) < 4.78 is 4.87. The Kier molecular flexibility index (Phi) is 8.09. The van der Waals surface area contributed by atoms with E-state index in [-0.39, 0.29) is 0 Å². The molecule has 12 rings (SSSR count). The lowest BCUT2D eigenvalue weighted by molar-refractivity contribution is 0.956. The fraction of sp³-hybridized carbons (Fsp3) is 0.0377. The lowest BCUT2D eigenvalue weighted by atomic mass is 10.00. The lowest BCUT2D eigenvalue weighted by Gasteiger charge is -2.14. The SMILES string of the molecule is CC.c1ccc2cc(-c3nc(-c4ccc5ccccc5c4)nc(-n4c5c(-c6ccc7c(c6)sc6ccccc67)cccc5c5ccc6ccccc6c54)n3)ccc2c1. The van der Waals surface area contributed by atoms with E-state index in [1.54, 1.807) is 0 Å². The van der Waals surface area contributed by atoms with Gasteiger partial charge in [0.25, 0.3) is 0 Å². The molecule has 0 bridgehead atoms. The van der Waals surface area contributed by atoms with Crippen LogP contribution in [-0.2, 0) is 0 Å². The minimum atomic E-state index is 0.582. The molecule has 58 heavy (non-hydrogen) atoms. The molecule has 0 N–H and O–H groups in total. The summed E-state index contributed by atoms with van der Waals surface area (Å²) in [5.41, 5.74) is 6.31. The molecule has 0 aliphatic heterocycles. The van der Waals surface area contributed by atoms with Crippen molar-refractivity contribution in [3.05, 3.63) is 182 Å². The van der Waals surface area contributed by atoms with E-state index in [1.165, 1.54) is 30.9 Å². The third kappa shape index (κ3) is 5.47. The Morgan fingerprint density at radius 3 is 1.59 bits per heavy atom. The second-order valence-electron chi connectivity index (χ2n) is 14.4. The van der Waals surface area contributed by atoms with Crippen LogP contribution in [-0.4, -0.2) is 19.5 Å². The molecule has 0 amide bonds. The second-order valence-corrected chi connectivity index (χ2v) is 15.5. The van der Waals surface area contributed by atoms with Gasteiger partial charge in [-0.2, -0.15) is 9.97 Å². The summed E-state index contributed by atoms with van der Waals surface area (Å²) in [5, 5.41) is 11.8. The molecule has 0 saturated carbocycles. The molecule has 0 unspecified atom stereocenters. The molecule has 0 aliphatic carbocycles. The van der Waals surface area contributed by atoms with Gasteiger partial charge in [0.15, 0.2) is 11.6 Å². The zero-order chi connectivity index (χ0) is 38.7. The van der Waals surface area contributed by atoms with Crippen molar-refractivity contribution in [1.82, 2.24) is 19.5 Å². The monoisotopic (exact) mass is 760 g/mol. The molecule has 274 valence electrons. The van der Waals surface area contributed by atoms with Gasteiger partial charge in [-0.15, -0.1) is 11.3 Å². The van der Waals surface area contributed by atoms with Crippen LogP contribution in [0.3, 0.4) is 0 Å². The molecular weight excluding hydrogens is 725 g/mol. The largest absolute Gasteiger partial charge is 0.277 e. The van der Waals surface area contributed by atoms with Gasteiger partial charge in [-0.05, 0) is 56.8 Å². The van der Waals surface area contributed by atoms with Gasteiger partial charge in [0.05, 0.1) is 11.0 Å². The molecule has 12 aromatic rings. The van der Waals surface area contributed by atoms with Gasteiger partial charge in [0, 0.05) is 53.0 Å². The maximum atomic E-state index is 5.40. The van der Waals surface area contributed by atoms with Gasteiger partial charge in [-0.3, -0.25) is 4.57 Å². The van der Waals surface area contributed by atoms with Crippen LogP contribution in [0.5, 0.6) is 0 Å². The highest BCUT2D eigenvalue weighted by Crippen LogP contribution is 2.43. The van der Waals surface area contributed by atoms with Crippen LogP contribution in [0.15, 0.2) is 182 Å². The first-order chi connectivity index (χ1) is 28.7. The maximum absolute atomic E-state index is 5.40. The molecule has 0 atom stereocenters. The summed E-state index contributed by atoms with van der Waals surface area (Å²) >= 11 is 1.84. The normalized spacial score (nSPS) is 11.6. The van der Waals surface area contributed by atoms with Gasteiger partial charge >= 0.3 is 0 Å². The Morgan fingerprint density at radius 2 is 0.879 bits per heavy atom.